The van der Waals surface area contributed by atoms with Gasteiger partial charge in [0.05, 0.1) is 0 Å². The molecule has 0 aliphatic rings. The van der Waals surface area contributed by atoms with Gasteiger partial charge in [0.2, 0.25) is 0 Å². The highest BCUT2D eigenvalue weighted by Gasteiger charge is 2.03. The van der Waals surface area contributed by atoms with E-state index in [-0.39, 0.29) is 5.25 Å². The molecule has 2 heteroatoms. The van der Waals surface area contributed by atoms with Crippen LogP contribution in [0.5, 0.6) is 0 Å². The molecule has 1 atom stereocenters. The Morgan fingerprint density at radius 1 is 1.45 bits per heavy atom. The Morgan fingerprint density at radius 3 is 2.55 bits per heavy atom. The van der Waals surface area contributed by atoms with Crippen LogP contribution in [0.25, 0.3) is 0 Å². The topological polar surface area (TPSA) is 0 Å². The summed E-state index contributed by atoms with van der Waals surface area (Å²) in [5.41, 5.74) is 2.29. The normalized spacial score (nSPS) is 13.1. The summed E-state index contributed by atoms with van der Waals surface area (Å²) < 4.78 is 0. The molecule has 0 bridgehead atoms. The fraction of sp³-hybridized carbons (Fsp3) is 0.333. The van der Waals surface area contributed by atoms with E-state index in [1.165, 1.54) is 5.56 Å². The van der Waals surface area contributed by atoms with Gasteiger partial charge in [0.1, 0.15) is 0 Å². The maximum Gasteiger partial charge on any atom is 0.0451 e. The molecule has 0 nitrogen and oxygen atoms in total. The molecule has 0 aliphatic carbocycles. The Labute approximate surface area is 78.0 Å². The summed E-state index contributed by atoms with van der Waals surface area (Å²) >= 11 is 10.3. The molecule has 0 fully saturated rings. The lowest BCUT2D eigenvalue weighted by atomic mass is 10.1. The fourth-order valence-corrected chi connectivity index (χ4v) is 1.67. The summed E-state index contributed by atoms with van der Waals surface area (Å²) in [6, 6.07) is 6.03. The molecule has 11 heavy (non-hydrogen) atoms. The van der Waals surface area contributed by atoms with Crippen molar-refractivity contribution in [3.05, 3.63) is 34.3 Å². The van der Waals surface area contributed by atoms with Crippen LogP contribution in [0.4, 0.5) is 0 Å². The Morgan fingerprint density at radius 2 is 2.09 bits per heavy atom. The molecule has 0 radical (unpaired) electrons. The Bertz CT molecular complexity index is 256. The molecular weight excluding hydrogens is 176 g/mol. The van der Waals surface area contributed by atoms with E-state index in [9.17, 15) is 0 Å². The van der Waals surface area contributed by atoms with Crippen molar-refractivity contribution in [1.29, 1.82) is 0 Å². The van der Waals surface area contributed by atoms with Gasteiger partial charge in [0, 0.05) is 10.3 Å². The molecule has 0 saturated carbocycles. The first kappa shape index (κ1) is 8.95. The van der Waals surface area contributed by atoms with Crippen molar-refractivity contribution in [2.75, 3.05) is 0 Å². The second-order valence-electron chi connectivity index (χ2n) is 2.70. The van der Waals surface area contributed by atoms with E-state index in [4.69, 9.17) is 11.6 Å². The highest BCUT2D eigenvalue weighted by atomic mass is 35.5. The fourth-order valence-electron chi connectivity index (χ4n) is 0.971. The van der Waals surface area contributed by atoms with Crippen LogP contribution in [0.15, 0.2) is 18.2 Å². The van der Waals surface area contributed by atoms with Gasteiger partial charge in [0.25, 0.3) is 0 Å². The van der Waals surface area contributed by atoms with E-state index in [1.54, 1.807) is 0 Å². The SMILES string of the molecule is Cc1ccc([C@H](C)S)c(Cl)c1. The average Bonchev–Trinajstić information content (AvgIpc) is 1.85. The van der Waals surface area contributed by atoms with Crippen LogP contribution < -0.4 is 0 Å². The van der Waals surface area contributed by atoms with Crippen LogP contribution in [0.3, 0.4) is 0 Å². The predicted molar refractivity (Wildman–Crippen MR) is 53.6 cm³/mol. The zero-order chi connectivity index (χ0) is 8.43. The van der Waals surface area contributed by atoms with Crippen LogP contribution in [0.2, 0.25) is 5.02 Å². The second kappa shape index (κ2) is 3.51. The summed E-state index contributed by atoms with van der Waals surface area (Å²) in [4.78, 5) is 0. The van der Waals surface area contributed by atoms with Gasteiger partial charge in [-0.25, -0.2) is 0 Å². The molecule has 1 aromatic rings. The van der Waals surface area contributed by atoms with Crippen molar-refractivity contribution in [1.82, 2.24) is 0 Å². The maximum absolute atomic E-state index is 5.98. The summed E-state index contributed by atoms with van der Waals surface area (Å²) in [5, 5.41) is 1.02. The minimum absolute atomic E-state index is 0.211. The number of rotatable bonds is 1. The molecule has 0 aliphatic heterocycles. The molecule has 0 unspecified atom stereocenters. The standard InChI is InChI=1S/C9H11ClS/c1-6-3-4-8(7(2)11)9(10)5-6/h3-5,7,11H,1-2H3/t7-/m0/s1. The van der Waals surface area contributed by atoms with Crippen molar-refractivity contribution in [2.24, 2.45) is 0 Å². The maximum atomic E-state index is 5.98. The summed E-state index contributed by atoms with van der Waals surface area (Å²) in [6.45, 7) is 4.04. The van der Waals surface area contributed by atoms with Crippen molar-refractivity contribution >= 4 is 24.2 Å². The van der Waals surface area contributed by atoms with Gasteiger partial charge in [-0.05, 0) is 31.0 Å². The Balaban J connectivity index is 3.09. The molecule has 60 valence electrons. The van der Waals surface area contributed by atoms with E-state index in [0.29, 0.717) is 0 Å². The predicted octanol–water partition coefficient (Wildman–Crippen LogP) is 3.64. The third-order valence-corrected chi connectivity index (χ3v) is 2.21. The van der Waals surface area contributed by atoms with E-state index in [0.717, 1.165) is 10.6 Å². The lowest BCUT2D eigenvalue weighted by molar-refractivity contribution is 1.11. The highest BCUT2D eigenvalue weighted by molar-refractivity contribution is 7.80. The summed E-state index contributed by atoms with van der Waals surface area (Å²) in [5.74, 6) is 0. The monoisotopic (exact) mass is 186 g/mol. The quantitative estimate of drug-likeness (QED) is 0.637. The van der Waals surface area contributed by atoms with Gasteiger partial charge in [-0.3, -0.25) is 0 Å². The molecule has 0 spiro atoms. The first-order chi connectivity index (χ1) is 5.11. The molecule has 1 rings (SSSR count). The van der Waals surface area contributed by atoms with Gasteiger partial charge >= 0.3 is 0 Å². The largest absolute Gasteiger partial charge is 0.171 e. The molecular formula is C9H11ClS. The van der Waals surface area contributed by atoms with Crippen LogP contribution in [-0.2, 0) is 0 Å². The zero-order valence-corrected chi connectivity index (χ0v) is 8.28. The van der Waals surface area contributed by atoms with Gasteiger partial charge in [-0.15, -0.1) is 0 Å². The van der Waals surface area contributed by atoms with Crippen molar-refractivity contribution in [2.45, 2.75) is 19.1 Å². The lowest BCUT2D eigenvalue weighted by Gasteiger charge is -2.06. The first-order valence-electron chi connectivity index (χ1n) is 3.55. The third-order valence-electron chi connectivity index (χ3n) is 1.61. The van der Waals surface area contributed by atoms with Crippen LogP contribution >= 0.6 is 24.2 Å². The van der Waals surface area contributed by atoms with Gasteiger partial charge < -0.3 is 0 Å². The smallest absolute Gasteiger partial charge is 0.0451 e. The molecule has 0 saturated heterocycles. The van der Waals surface area contributed by atoms with Crippen molar-refractivity contribution < 1.29 is 0 Å². The minimum atomic E-state index is 0.211. The van der Waals surface area contributed by atoms with E-state index in [2.05, 4.69) is 12.6 Å². The molecule has 0 amide bonds. The van der Waals surface area contributed by atoms with E-state index < -0.39 is 0 Å². The summed E-state index contributed by atoms with van der Waals surface area (Å²) in [6.07, 6.45) is 0. The molecule has 0 N–H and O–H groups in total. The number of hydrogen-bond donors (Lipinski definition) is 1. The number of aryl methyl sites for hydroxylation is 1. The highest BCUT2D eigenvalue weighted by Crippen LogP contribution is 2.27. The molecule has 1 aromatic carbocycles. The molecule has 0 heterocycles. The lowest BCUT2D eigenvalue weighted by Crippen LogP contribution is -1.86. The average molecular weight is 187 g/mol. The minimum Gasteiger partial charge on any atom is -0.171 e. The van der Waals surface area contributed by atoms with Crippen LogP contribution in [-0.4, -0.2) is 0 Å². The number of benzene rings is 1. The Kier molecular flexibility index (Phi) is 2.85. The van der Waals surface area contributed by atoms with E-state index in [1.807, 2.05) is 32.0 Å². The summed E-state index contributed by atoms with van der Waals surface area (Å²) in [7, 11) is 0. The second-order valence-corrected chi connectivity index (χ2v) is 3.88. The van der Waals surface area contributed by atoms with E-state index >= 15 is 0 Å². The number of thiol groups is 1. The Hall–Kier alpha value is -0.140. The van der Waals surface area contributed by atoms with Gasteiger partial charge in [-0.2, -0.15) is 12.6 Å². The zero-order valence-electron chi connectivity index (χ0n) is 6.63. The van der Waals surface area contributed by atoms with Crippen LogP contribution in [0, 0.1) is 6.92 Å². The van der Waals surface area contributed by atoms with Crippen molar-refractivity contribution in [3.8, 4) is 0 Å². The first-order valence-corrected chi connectivity index (χ1v) is 4.45. The van der Waals surface area contributed by atoms with Crippen molar-refractivity contribution in [3.63, 3.8) is 0 Å². The number of hydrogen-bond acceptors (Lipinski definition) is 1. The number of halogens is 1. The third kappa shape index (κ3) is 2.14. The molecule has 0 aromatic heterocycles. The van der Waals surface area contributed by atoms with Gasteiger partial charge in [-0.1, -0.05) is 23.7 Å². The van der Waals surface area contributed by atoms with Gasteiger partial charge in [0.15, 0.2) is 0 Å². The van der Waals surface area contributed by atoms with Crippen LogP contribution in [0.1, 0.15) is 23.3 Å².